The van der Waals surface area contributed by atoms with Crippen molar-refractivity contribution in [2.45, 2.75) is 26.4 Å². The van der Waals surface area contributed by atoms with E-state index in [4.69, 9.17) is 21.1 Å². The lowest BCUT2D eigenvalue weighted by Gasteiger charge is -2.16. The van der Waals surface area contributed by atoms with Crippen LogP contribution in [0.25, 0.3) is 10.6 Å². The van der Waals surface area contributed by atoms with Gasteiger partial charge >= 0.3 is 0 Å². The molecule has 1 N–H and O–H groups in total. The second kappa shape index (κ2) is 9.03. The molecule has 0 saturated heterocycles. The number of aromatic nitrogens is 2. The Bertz CT molecular complexity index is 960. The van der Waals surface area contributed by atoms with Gasteiger partial charge in [0.2, 0.25) is 5.13 Å². The molecule has 0 saturated carbocycles. The van der Waals surface area contributed by atoms with Crippen LogP contribution < -0.4 is 14.8 Å². The molecular weight excluding hydrogens is 398 g/mol. The molecule has 146 valence electrons. The lowest BCUT2D eigenvalue weighted by atomic mass is 10.2. The van der Waals surface area contributed by atoms with Crippen molar-refractivity contribution in [1.82, 2.24) is 10.2 Å². The summed E-state index contributed by atoms with van der Waals surface area (Å²) in [6.07, 6.45) is -0.133. The lowest BCUT2D eigenvalue weighted by molar-refractivity contribution is -0.122. The first-order chi connectivity index (χ1) is 13.5. The lowest BCUT2D eigenvalue weighted by Crippen LogP contribution is -2.32. The summed E-state index contributed by atoms with van der Waals surface area (Å²) in [5, 5.41) is 12.8. The fourth-order valence-corrected chi connectivity index (χ4v) is 3.36. The number of benzene rings is 2. The average Bonchev–Trinajstić information content (AvgIpc) is 3.17. The summed E-state index contributed by atoms with van der Waals surface area (Å²) < 4.78 is 11.0. The molecule has 0 aliphatic carbocycles. The van der Waals surface area contributed by atoms with E-state index in [9.17, 15) is 4.79 Å². The monoisotopic (exact) mass is 417 g/mol. The highest BCUT2D eigenvalue weighted by molar-refractivity contribution is 7.18. The molecule has 0 aliphatic rings. The zero-order valence-electron chi connectivity index (χ0n) is 15.7. The maximum Gasteiger partial charge on any atom is 0.267 e. The Morgan fingerprint density at radius 3 is 2.54 bits per heavy atom. The maximum atomic E-state index is 12.6. The third-order valence-electron chi connectivity index (χ3n) is 4.06. The van der Waals surface area contributed by atoms with E-state index in [2.05, 4.69) is 15.5 Å². The van der Waals surface area contributed by atoms with E-state index < -0.39 is 6.10 Å². The van der Waals surface area contributed by atoms with Gasteiger partial charge < -0.3 is 9.47 Å². The molecule has 1 amide bonds. The van der Waals surface area contributed by atoms with Crippen molar-refractivity contribution in [2.75, 3.05) is 12.4 Å². The van der Waals surface area contributed by atoms with Crippen molar-refractivity contribution in [3.8, 4) is 22.1 Å². The number of ether oxygens (including phenoxy) is 2. The van der Waals surface area contributed by atoms with Crippen LogP contribution in [0, 0.1) is 6.92 Å². The van der Waals surface area contributed by atoms with Gasteiger partial charge in [-0.05, 0) is 61.4 Å². The SMILES string of the molecule is CC[C@@H](Oc1ccc(Cl)c(C)c1)C(=O)Nc1nnc(-c2ccc(OC)cc2)s1. The van der Waals surface area contributed by atoms with Crippen LogP contribution in [0.1, 0.15) is 18.9 Å². The molecule has 0 radical (unpaired) electrons. The van der Waals surface area contributed by atoms with Gasteiger partial charge in [0.05, 0.1) is 7.11 Å². The molecule has 6 nitrogen and oxygen atoms in total. The molecular formula is C20H20ClN3O3S. The zero-order chi connectivity index (χ0) is 20.1. The number of carbonyl (C=O) groups is 1. The van der Waals surface area contributed by atoms with Gasteiger partial charge in [0.15, 0.2) is 6.10 Å². The Morgan fingerprint density at radius 2 is 1.89 bits per heavy atom. The molecule has 0 bridgehead atoms. The number of nitrogens with zero attached hydrogens (tertiary/aromatic N) is 2. The summed E-state index contributed by atoms with van der Waals surface area (Å²) in [4.78, 5) is 12.6. The number of anilines is 1. The molecule has 3 aromatic rings. The number of hydrogen-bond donors (Lipinski definition) is 1. The van der Waals surface area contributed by atoms with Crippen molar-refractivity contribution in [3.05, 3.63) is 53.1 Å². The number of aryl methyl sites for hydroxylation is 1. The quantitative estimate of drug-likeness (QED) is 0.587. The largest absolute Gasteiger partial charge is 0.497 e. The molecule has 0 unspecified atom stereocenters. The van der Waals surface area contributed by atoms with Crippen LogP contribution in [0.5, 0.6) is 11.5 Å². The minimum absolute atomic E-state index is 0.271. The van der Waals surface area contributed by atoms with E-state index in [1.165, 1.54) is 11.3 Å². The van der Waals surface area contributed by atoms with Gasteiger partial charge in [-0.15, -0.1) is 10.2 Å². The first-order valence-corrected chi connectivity index (χ1v) is 9.91. The summed E-state index contributed by atoms with van der Waals surface area (Å²) >= 11 is 7.33. The molecule has 0 aliphatic heterocycles. The van der Waals surface area contributed by atoms with Crippen molar-refractivity contribution < 1.29 is 14.3 Å². The van der Waals surface area contributed by atoms with Gasteiger partial charge in [-0.25, -0.2) is 0 Å². The number of hydrogen-bond acceptors (Lipinski definition) is 6. The number of halogens is 1. The van der Waals surface area contributed by atoms with Gasteiger partial charge in [-0.3, -0.25) is 10.1 Å². The van der Waals surface area contributed by atoms with E-state index >= 15 is 0 Å². The van der Waals surface area contributed by atoms with Gasteiger partial charge in [0.25, 0.3) is 5.91 Å². The van der Waals surface area contributed by atoms with Crippen LogP contribution >= 0.6 is 22.9 Å². The number of nitrogens with one attached hydrogen (secondary N) is 1. The third-order valence-corrected chi connectivity index (χ3v) is 5.37. The predicted molar refractivity (Wildman–Crippen MR) is 111 cm³/mol. The van der Waals surface area contributed by atoms with E-state index in [0.717, 1.165) is 16.9 Å². The predicted octanol–water partition coefficient (Wildman–Crippen LogP) is 4.97. The Hall–Kier alpha value is -2.64. The van der Waals surface area contributed by atoms with E-state index in [0.29, 0.717) is 27.3 Å². The molecule has 28 heavy (non-hydrogen) atoms. The molecule has 8 heteroatoms. The summed E-state index contributed by atoms with van der Waals surface area (Å²) in [6.45, 7) is 3.77. The molecule has 2 aromatic carbocycles. The molecule has 3 rings (SSSR count). The summed E-state index contributed by atoms with van der Waals surface area (Å²) in [7, 11) is 1.62. The first kappa shape index (κ1) is 20.1. The first-order valence-electron chi connectivity index (χ1n) is 8.71. The van der Waals surface area contributed by atoms with E-state index in [1.54, 1.807) is 19.2 Å². The topological polar surface area (TPSA) is 73.3 Å². The van der Waals surface area contributed by atoms with Crippen LogP contribution in [-0.2, 0) is 4.79 Å². The van der Waals surface area contributed by atoms with Crippen LogP contribution in [0.3, 0.4) is 0 Å². The van der Waals surface area contributed by atoms with Gasteiger partial charge in [0, 0.05) is 10.6 Å². The Kier molecular flexibility index (Phi) is 6.49. The van der Waals surface area contributed by atoms with Crippen molar-refractivity contribution >= 4 is 34.0 Å². The van der Waals surface area contributed by atoms with Crippen LogP contribution in [-0.4, -0.2) is 29.3 Å². The summed E-state index contributed by atoms with van der Waals surface area (Å²) in [6, 6.07) is 12.8. The number of rotatable bonds is 7. The van der Waals surface area contributed by atoms with Crippen molar-refractivity contribution in [2.24, 2.45) is 0 Å². The highest BCUT2D eigenvalue weighted by Crippen LogP contribution is 2.28. The van der Waals surface area contributed by atoms with Gasteiger partial charge in [-0.1, -0.05) is 29.9 Å². The highest BCUT2D eigenvalue weighted by Gasteiger charge is 2.20. The minimum Gasteiger partial charge on any atom is -0.497 e. The third kappa shape index (κ3) is 4.79. The number of methoxy groups -OCH3 is 1. The molecule has 1 heterocycles. The maximum absolute atomic E-state index is 12.6. The molecule has 0 fully saturated rings. The molecule has 0 spiro atoms. The summed E-state index contributed by atoms with van der Waals surface area (Å²) in [5.41, 5.74) is 1.79. The fraction of sp³-hybridized carbons (Fsp3) is 0.250. The van der Waals surface area contributed by atoms with Crippen molar-refractivity contribution in [3.63, 3.8) is 0 Å². The fourth-order valence-electron chi connectivity index (χ4n) is 2.49. The number of carbonyl (C=O) groups excluding carboxylic acids is 1. The van der Waals surface area contributed by atoms with Crippen LogP contribution in [0.15, 0.2) is 42.5 Å². The van der Waals surface area contributed by atoms with E-state index in [-0.39, 0.29) is 5.91 Å². The van der Waals surface area contributed by atoms with Gasteiger partial charge in [0.1, 0.15) is 16.5 Å². The number of amides is 1. The highest BCUT2D eigenvalue weighted by atomic mass is 35.5. The molecule has 1 aromatic heterocycles. The minimum atomic E-state index is -0.645. The van der Waals surface area contributed by atoms with Crippen LogP contribution in [0.4, 0.5) is 5.13 Å². The second-order valence-electron chi connectivity index (χ2n) is 6.06. The Balaban J connectivity index is 1.67. The Labute approximate surface area is 172 Å². The second-order valence-corrected chi connectivity index (χ2v) is 7.44. The van der Waals surface area contributed by atoms with Crippen molar-refractivity contribution in [1.29, 1.82) is 0 Å². The zero-order valence-corrected chi connectivity index (χ0v) is 17.3. The smallest absolute Gasteiger partial charge is 0.267 e. The average molecular weight is 418 g/mol. The molecule has 1 atom stereocenters. The normalized spacial score (nSPS) is 11.7. The summed E-state index contributed by atoms with van der Waals surface area (Å²) in [5.74, 6) is 1.09. The van der Waals surface area contributed by atoms with E-state index in [1.807, 2.05) is 44.2 Å². The Morgan fingerprint density at radius 1 is 1.18 bits per heavy atom. The van der Waals surface area contributed by atoms with Crippen LogP contribution in [0.2, 0.25) is 5.02 Å². The standard InChI is InChI=1S/C20H20ClN3O3S/c1-4-17(27-15-9-10-16(21)12(2)11-15)18(25)22-20-24-23-19(28-20)13-5-7-14(26-3)8-6-13/h5-11,17H,4H2,1-3H3,(H,22,24,25)/t17-/m1/s1. The van der Waals surface area contributed by atoms with Gasteiger partial charge in [-0.2, -0.15) is 0 Å².